The van der Waals surface area contributed by atoms with Gasteiger partial charge in [0.1, 0.15) is 6.07 Å². The van der Waals surface area contributed by atoms with Crippen molar-refractivity contribution >= 4 is 17.5 Å². The molecule has 2 aromatic carbocycles. The summed E-state index contributed by atoms with van der Waals surface area (Å²) in [6, 6.07) is 17.7. The molecular formula is C25H27N5O2. The second kappa shape index (κ2) is 9.53. The summed E-state index contributed by atoms with van der Waals surface area (Å²) in [5.41, 5.74) is 1.70. The van der Waals surface area contributed by atoms with Gasteiger partial charge in [0.25, 0.3) is 0 Å². The number of Topliss-reactive ketones (excluding diaryl/α,β-unsaturated/α-hetero) is 1. The van der Waals surface area contributed by atoms with Crippen molar-refractivity contribution in [2.24, 2.45) is 5.41 Å². The molecule has 7 heteroatoms. The number of ketones is 1. The van der Waals surface area contributed by atoms with Crippen molar-refractivity contribution in [2.45, 2.75) is 26.8 Å². The van der Waals surface area contributed by atoms with E-state index < -0.39 is 11.5 Å². The van der Waals surface area contributed by atoms with Gasteiger partial charge in [-0.3, -0.25) is 4.79 Å². The molecule has 1 unspecified atom stereocenters. The highest BCUT2D eigenvalue weighted by molar-refractivity contribution is 6.00. The maximum absolute atomic E-state index is 13.0. The molecule has 7 nitrogen and oxygen atoms in total. The Labute approximate surface area is 188 Å². The number of nitrogens with zero attached hydrogens (tertiary/aromatic N) is 4. The Hall–Kier alpha value is -3.84. The van der Waals surface area contributed by atoms with Gasteiger partial charge in [-0.05, 0) is 31.2 Å². The van der Waals surface area contributed by atoms with Crippen LogP contribution in [0.5, 0.6) is 0 Å². The van der Waals surface area contributed by atoms with Crippen LogP contribution in [0.25, 0.3) is 0 Å². The Morgan fingerprint density at radius 2 is 1.59 bits per heavy atom. The number of rotatable bonds is 5. The van der Waals surface area contributed by atoms with E-state index in [2.05, 4.69) is 16.3 Å². The molecule has 0 bridgehead atoms. The van der Waals surface area contributed by atoms with Crippen molar-refractivity contribution in [1.29, 1.82) is 10.5 Å². The van der Waals surface area contributed by atoms with E-state index in [0.717, 1.165) is 5.69 Å². The number of carbonyl (C=O) groups excluding carboxylic acids is 2. The molecule has 1 fully saturated rings. The lowest BCUT2D eigenvalue weighted by Gasteiger charge is -2.38. The molecule has 1 heterocycles. The van der Waals surface area contributed by atoms with Crippen molar-refractivity contribution in [2.75, 3.05) is 31.1 Å². The predicted molar refractivity (Wildman–Crippen MR) is 122 cm³/mol. The molecule has 1 aliphatic heterocycles. The number of anilines is 1. The highest BCUT2D eigenvalue weighted by atomic mass is 16.2. The number of carbonyl (C=O) groups is 2. The number of nitriles is 2. The molecule has 3 rings (SSSR count). The SMILES string of the molecule is CC(NC(=O)N1CCN(c2ccccc2C#N)CC1)C(C)(C)C(=O)c1ccc(C#N)cc1. The summed E-state index contributed by atoms with van der Waals surface area (Å²) in [6.07, 6.45) is 0. The van der Waals surface area contributed by atoms with Gasteiger partial charge in [-0.25, -0.2) is 4.79 Å². The standard InChI is InChI=1S/C25H27N5O2/c1-18(25(2,3)23(31)20-10-8-19(16-26)9-11-20)28-24(32)30-14-12-29(13-15-30)22-7-5-4-6-21(22)17-27/h4-11,18H,12-15H2,1-3H3,(H,28,32). The number of amides is 2. The Kier molecular flexibility index (Phi) is 6.80. The van der Waals surface area contributed by atoms with Crippen molar-refractivity contribution in [3.63, 3.8) is 0 Å². The summed E-state index contributed by atoms with van der Waals surface area (Å²) in [7, 11) is 0. The van der Waals surface area contributed by atoms with Crippen molar-refractivity contribution < 1.29 is 9.59 Å². The van der Waals surface area contributed by atoms with E-state index in [-0.39, 0.29) is 11.8 Å². The summed E-state index contributed by atoms with van der Waals surface area (Å²) in [5.74, 6) is -0.0901. The van der Waals surface area contributed by atoms with Crippen LogP contribution in [0.1, 0.15) is 42.3 Å². The largest absolute Gasteiger partial charge is 0.367 e. The van der Waals surface area contributed by atoms with Crippen LogP contribution >= 0.6 is 0 Å². The minimum atomic E-state index is -0.822. The van der Waals surface area contributed by atoms with Crippen LogP contribution in [0.2, 0.25) is 0 Å². The first kappa shape index (κ1) is 22.8. The lowest BCUT2D eigenvalue weighted by molar-refractivity contribution is 0.0790. The molecule has 0 aliphatic carbocycles. The molecule has 0 spiro atoms. The van der Waals surface area contributed by atoms with E-state index in [1.165, 1.54) is 0 Å². The first-order valence-corrected chi connectivity index (χ1v) is 10.6. The Bertz CT molecular complexity index is 1070. The summed E-state index contributed by atoms with van der Waals surface area (Å²) < 4.78 is 0. The maximum atomic E-state index is 13.0. The van der Waals surface area contributed by atoms with E-state index in [1.54, 1.807) is 35.2 Å². The fourth-order valence-electron chi connectivity index (χ4n) is 3.72. The van der Waals surface area contributed by atoms with Gasteiger partial charge in [-0.1, -0.05) is 38.1 Å². The van der Waals surface area contributed by atoms with Crippen LogP contribution in [-0.2, 0) is 0 Å². The summed E-state index contributed by atoms with van der Waals surface area (Å²) >= 11 is 0. The fourth-order valence-corrected chi connectivity index (χ4v) is 3.72. The average Bonchev–Trinajstić information content (AvgIpc) is 2.83. The third-order valence-corrected chi connectivity index (χ3v) is 6.22. The minimum Gasteiger partial charge on any atom is -0.367 e. The lowest BCUT2D eigenvalue weighted by atomic mass is 9.78. The number of benzene rings is 2. The Morgan fingerprint density at radius 3 is 2.19 bits per heavy atom. The Balaban J connectivity index is 1.60. The van der Waals surface area contributed by atoms with E-state index in [9.17, 15) is 14.9 Å². The minimum absolute atomic E-state index is 0.0901. The van der Waals surface area contributed by atoms with Crippen molar-refractivity contribution in [3.8, 4) is 12.1 Å². The lowest BCUT2D eigenvalue weighted by Crippen LogP contribution is -2.56. The number of piperazine rings is 1. The van der Waals surface area contributed by atoms with Crippen LogP contribution in [-0.4, -0.2) is 48.9 Å². The third-order valence-electron chi connectivity index (χ3n) is 6.22. The summed E-state index contributed by atoms with van der Waals surface area (Å²) in [4.78, 5) is 29.8. The Morgan fingerprint density at radius 1 is 0.969 bits per heavy atom. The highest BCUT2D eigenvalue weighted by Gasteiger charge is 2.36. The second-order valence-corrected chi connectivity index (χ2v) is 8.51. The molecule has 2 amide bonds. The zero-order chi connectivity index (χ0) is 23.3. The van der Waals surface area contributed by atoms with Gasteiger partial charge in [0.15, 0.2) is 5.78 Å². The van der Waals surface area contributed by atoms with Crippen molar-refractivity contribution in [3.05, 3.63) is 65.2 Å². The van der Waals surface area contributed by atoms with E-state index >= 15 is 0 Å². The zero-order valence-corrected chi connectivity index (χ0v) is 18.6. The zero-order valence-electron chi connectivity index (χ0n) is 18.6. The number of para-hydroxylation sites is 1. The molecule has 1 saturated heterocycles. The monoisotopic (exact) mass is 429 g/mol. The molecule has 1 N–H and O–H groups in total. The fraction of sp³-hybridized carbons (Fsp3) is 0.360. The number of hydrogen-bond acceptors (Lipinski definition) is 5. The smallest absolute Gasteiger partial charge is 0.317 e. The van der Waals surface area contributed by atoms with Crippen LogP contribution in [0.3, 0.4) is 0 Å². The molecule has 0 aromatic heterocycles. The number of hydrogen-bond donors (Lipinski definition) is 1. The first-order valence-electron chi connectivity index (χ1n) is 10.6. The molecule has 32 heavy (non-hydrogen) atoms. The molecule has 2 aromatic rings. The van der Waals surface area contributed by atoms with E-state index in [4.69, 9.17) is 5.26 Å². The quantitative estimate of drug-likeness (QED) is 0.733. The second-order valence-electron chi connectivity index (χ2n) is 8.51. The number of urea groups is 1. The molecular weight excluding hydrogens is 402 g/mol. The van der Waals surface area contributed by atoms with Crippen LogP contribution in [0.15, 0.2) is 48.5 Å². The van der Waals surface area contributed by atoms with Gasteiger partial charge in [0, 0.05) is 43.2 Å². The summed E-state index contributed by atoms with van der Waals surface area (Å²) in [6.45, 7) is 7.79. The third kappa shape index (κ3) is 4.73. The topological polar surface area (TPSA) is 100 Å². The van der Waals surface area contributed by atoms with Crippen LogP contribution in [0.4, 0.5) is 10.5 Å². The first-order chi connectivity index (χ1) is 15.3. The molecule has 1 atom stereocenters. The van der Waals surface area contributed by atoms with Gasteiger partial charge < -0.3 is 15.1 Å². The normalized spacial score (nSPS) is 14.8. The average molecular weight is 430 g/mol. The van der Waals surface area contributed by atoms with Crippen LogP contribution in [0, 0.1) is 28.1 Å². The summed E-state index contributed by atoms with van der Waals surface area (Å²) in [5, 5.41) is 21.2. The van der Waals surface area contributed by atoms with Gasteiger partial charge in [-0.15, -0.1) is 0 Å². The van der Waals surface area contributed by atoms with Gasteiger partial charge in [-0.2, -0.15) is 10.5 Å². The molecule has 164 valence electrons. The number of nitrogens with one attached hydrogen (secondary N) is 1. The molecule has 0 radical (unpaired) electrons. The molecule has 0 saturated carbocycles. The predicted octanol–water partition coefficient (Wildman–Crippen LogP) is 3.56. The van der Waals surface area contributed by atoms with Gasteiger partial charge in [0.2, 0.25) is 0 Å². The van der Waals surface area contributed by atoms with Gasteiger partial charge >= 0.3 is 6.03 Å². The van der Waals surface area contributed by atoms with Gasteiger partial charge in [0.05, 0.1) is 22.9 Å². The van der Waals surface area contributed by atoms with E-state index in [1.807, 2.05) is 45.0 Å². The highest BCUT2D eigenvalue weighted by Crippen LogP contribution is 2.27. The van der Waals surface area contributed by atoms with Crippen LogP contribution < -0.4 is 10.2 Å². The van der Waals surface area contributed by atoms with Crippen molar-refractivity contribution in [1.82, 2.24) is 10.2 Å². The van der Waals surface area contributed by atoms with E-state index in [0.29, 0.717) is 42.9 Å². The maximum Gasteiger partial charge on any atom is 0.317 e. The molecule has 1 aliphatic rings.